The van der Waals surface area contributed by atoms with Crippen LogP contribution in [0, 0.1) is 5.82 Å². The van der Waals surface area contributed by atoms with Crippen LogP contribution in [-0.2, 0) is 11.2 Å². The first kappa shape index (κ1) is 14.7. The number of nitrogens with one attached hydrogen (secondary N) is 1. The fourth-order valence-electron chi connectivity index (χ4n) is 1.99. The van der Waals surface area contributed by atoms with E-state index in [1.807, 2.05) is 0 Å². The first-order valence-corrected chi connectivity index (χ1v) is 6.42. The number of amides is 1. The van der Waals surface area contributed by atoms with E-state index in [1.165, 1.54) is 12.1 Å². The van der Waals surface area contributed by atoms with Crippen LogP contribution in [0.15, 0.2) is 53.7 Å². The summed E-state index contributed by atoms with van der Waals surface area (Å²) < 4.78 is 13.1. The Labute approximate surface area is 121 Å². The fraction of sp³-hybridized carbons (Fsp3) is 0.125. The number of anilines is 1. The van der Waals surface area contributed by atoms with Gasteiger partial charge in [-0.2, -0.15) is 0 Å². The van der Waals surface area contributed by atoms with E-state index in [0.29, 0.717) is 22.5 Å². The van der Waals surface area contributed by atoms with Gasteiger partial charge in [0.2, 0.25) is 5.91 Å². The van der Waals surface area contributed by atoms with Crippen LogP contribution in [0.5, 0.6) is 0 Å². The third-order valence-corrected chi connectivity index (χ3v) is 2.99. The van der Waals surface area contributed by atoms with E-state index in [0.717, 1.165) is 0 Å². The Morgan fingerprint density at radius 2 is 2.00 bits per heavy atom. The molecule has 2 aromatic rings. The standard InChI is InChI=1S/C16H15FN2O2/c1-11(19-21)14-7-2-3-8-15(14)18-16(20)10-12-5-4-6-13(17)9-12/h2-9,21H,10H2,1H3,(H,18,20)/b19-11+. The molecule has 0 spiro atoms. The highest BCUT2D eigenvalue weighted by molar-refractivity contribution is 6.06. The molecule has 0 saturated heterocycles. The number of nitrogens with zero attached hydrogens (tertiary/aromatic N) is 1. The molecule has 0 unspecified atom stereocenters. The van der Waals surface area contributed by atoms with Crippen LogP contribution >= 0.6 is 0 Å². The maximum Gasteiger partial charge on any atom is 0.228 e. The third-order valence-electron chi connectivity index (χ3n) is 2.99. The van der Waals surface area contributed by atoms with Gasteiger partial charge < -0.3 is 10.5 Å². The SMILES string of the molecule is C/C(=N\O)c1ccccc1NC(=O)Cc1cccc(F)c1. The quantitative estimate of drug-likeness (QED) is 0.515. The summed E-state index contributed by atoms with van der Waals surface area (Å²) in [6, 6.07) is 12.9. The smallest absolute Gasteiger partial charge is 0.228 e. The number of hydrogen-bond acceptors (Lipinski definition) is 3. The van der Waals surface area contributed by atoms with Crippen molar-refractivity contribution in [1.29, 1.82) is 0 Å². The van der Waals surface area contributed by atoms with Gasteiger partial charge in [-0.3, -0.25) is 4.79 Å². The summed E-state index contributed by atoms with van der Waals surface area (Å²) in [5, 5.41) is 14.7. The minimum Gasteiger partial charge on any atom is -0.411 e. The van der Waals surface area contributed by atoms with E-state index in [2.05, 4.69) is 10.5 Å². The van der Waals surface area contributed by atoms with Crippen LogP contribution in [0.3, 0.4) is 0 Å². The minimum atomic E-state index is -0.371. The monoisotopic (exact) mass is 286 g/mol. The van der Waals surface area contributed by atoms with Gasteiger partial charge >= 0.3 is 0 Å². The number of oxime groups is 1. The fourth-order valence-corrected chi connectivity index (χ4v) is 1.99. The molecule has 4 nitrogen and oxygen atoms in total. The van der Waals surface area contributed by atoms with Crippen LogP contribution in [0.2, 0.25) is 0 Å². The van der Waals surface area contributed by atoms with E-state index in [4.69, 9.17) is 5.21 Å². The average Bonchev–Trinajstić information content (AvgIpc) is 2.47. The average molecular weight is 286 g/mol. The van der Waals surface area contributed by atoms with Crippen molar-refractivity contribution in [3.05, 3.63) is 65.5 Å². The number of rotatable bonds is 4. The zero-order valence-corrected chi connectivity index (χ0v) is 11.5. The maximum absolute atomic E-state index is 13.1. The summed E-state index contributed by atoms with van der Waals surface area (Å²) in [6.07, 6.45) is 0.0708. The molecule has 1 amide bonds. The molecule has 0 fully saturated rings. The Morgan fingerprint density at radius 1 is 1.24 bits per heavy atom. The van der Waals surface area contributed by atoms with Gasteiger partial charge in [-0.05, 0) is 30.7 Å². The molecule has 2 N–H and O–H groups in total. The van der Waals surface area contributed by atoms with Crippen LogP contribution in [-0.4, -0.2) is 16.8 Å². The normalized spacial score (nSPS) is 11.2. The number of carbonyl (C=O) groups excluding carboxylic acids is 1. The molecule has 2 aromatic carbocycles. The highest BCUT2D eigenvalue weighted by atomic mass is 19.1. The molecular weight excluding hydrogens is 271 g/mol. The number of carbonyl (C=O) groups is 1. The lowest BCUT2D eigenvalue weighted by atomic mass is 10.1. The first-order valence-electron chi connectivity index (χ1n) is 6.42. The lowest BCUT2D eigenvalue weighted by Crippen LogP contribution is -2.16. The Hall–Kier alpha value is -2.69. The molecule has 0 atom stereocenters. The molecule has 0 radical (unpaired) electrons. The molecule has 108 valence electrons. The molecule has 2 rings (SSSR count). The minimum absolute atomic E-state index is 0.0708. The van der Waals surface area contributed by atoms with Gasteiger partial charge in [0.05, 0.1) is 12.1 Å². The Bertz CT molecular complexity index is 683. The highest BCUT2D eigenvalue weighted by Crippen LogP contribution is 2.16. The van der Waals surface area contributed by atoms with Crippen LogP contribution in [0.1, 0.15) is 18.1 Å². The zero-order valence-electron chi connectivity index (χ0n) is 11.5. The molecule has 0 aliphatic heterocycles. The van der Waals surface area contributed by atoms with Crippen LogP contribution in [0.4, 0.5) is 10.1 Å². The van der Waals surface area contributed by atoms with Crippen molar-refractivity contribution >= 4 is 17.3 Å². The first-order chi connectivity index (χ1) is 10.1. The van der Waals surface area contributed by atoms with Crippen LogP contribution in [0.25, 0.3) is 0 Å². The lowest BCUT2D eigenvalue weighted by Gasteiger charge is -2.10. The van der Waals surface area contributed by atoms with Gasteiger partial charge in [-0.15, -0.1) is 0 Å². The third kappa shape index (κ3) is 3.89. The Balaban J connectivity index is 2.13. The van der Waals surface area contributed by atoms with E-state index in [1.54, 1.807) is 43.3 Å². The molecule has 5 heteroatoms. The van der Waals surface area contributed by atoms with Gasteiger partial charge in [0.25, 0.3) is 0 Å². The summed E-state index contributed by atoms with van der Waals surface area (Å²) in [7, 11) is 0. The van der Waals surface area contributed by atoms with E-state index < -0.39 is 0 Å². The van der Waals surface area contributed by atoms with Crippen LogP contribution < -0.4 is 5.32 Å². The van der Waals surface area contributed by atoms with Gasteiger partial charge in [-0.25, -0.2) is 4.39 Å². The van der Waals surface area contributed by atoms with Crippen molar-refractivity contribution < 1.29 is 14.4 Å². The van der Waals surface area contributed by atoms with Crippen molar-refractivity contribution in [3.8, 4) is 0 Å². The number of benzene rings is 2. The second-order valence-corrected chi connectivity index (χ2v) is 4.59. The summed E-state index contributed by atoms with van der Waals surface area (Å²) >= 11 is 0. The van der Waals surface area contributed by atoms with E-state index in [9.17, 15) is 9.18 Å². The second-order valence-electron chi connectivity index (χ2n) is 4.59. The topological polar surface area (TPSA) is 61.7 Å². The summed E-state index contributed by atoms with van der Waals surface area (Å²) in [5.74, 6) is -0.636. The molecule has 0 aliphatic rings. The molecule has 0 heterocycles. The van der Waals surface area contributed by atoms with Crippen molar-refractivity contribution in [2.75, 3.05) is 5.32 Å². The number of hydrogen-bond donors (Lipinski definition) is 2. The van der Waals surface area contributed by atoms with Gasteiger partial charge in [-0.1, -0.05) is 35.5 Å². The molecular formula is C16H15FN2O2. The highest BCUT2D eigenvalue weighted by Gasteiger charge is 2.10. The van der Waals surface area contributed by atoms with Crippen molar-refractivity contribution in [1.82, 2.24) is 0 Å². The molecule has 0 aromatic heterocycles. The van der Waals surface area contributed by atoms with Gasteiger partial charge in [0.1, 0.15) is 5.82 Å². The second kappa shape index (κ2) is 6.65. The number of halogens is 1. The Kier molecular flexibility index (Phi) is 4.66. The summed E-state index contributed by atoms with van der Waals surface area (Å²) in [6.45, 7) is 1.64. The largest absolute Gasteiger partial charge is 0.411 e. The predicted molar refractivity (Wildman–Crippen MR) is 79.2 cm³/mol. The number of para-hydroxylation sites is 1. The summed E-state index contributed by atoms with van der Waals surface area (Å²) in [5.41, 5.74) is 2.18. The van der Waals surface area contributed by atoms with Gasteiger partial charge in [0.15, 0.2) is 0 Å². The van der Waals surface area contributed by atoms with Gasteiger partial charge in [0, 0.05) is 11.3 Å². The van der Waals surface area contributed by atoms with E-state index >= 15 is 0 Å². The molecule has 0 saturated carbocycles. The summed E-state index contributed by atoms with van der Waals surface area (Å²) in [4.78, 5) is 12.0. The molecule has 0 aliphatic carbocycles. The maximum atomic E-state index is 13.1. The van der Waals surface area contributed by atoms with Crippen molar-refractivity contribution in [2.24, 2.45) is 5.16 Å². The molecule has 0 bridgehead atoms. The van der Waals surface area contributed by atoms with Crippen molar-refractivity contribution in [3.63, 3.8) is 0 Å². The Morgan fingerprint density at radius 3 is 2.71 bits per heavy atom. The molecule has 21 heavy (non-hydrogen) atoms. The zero-order chi connectivity index (χ0) is 15.2. The van der Waals surface area contributed by atoms with E-state index in [-0.39, 0.29) is 18.1 Å². The predicted octanol–water partition coefficient (Wildman–Crippen LogP) is 3.21. The lowest BCUT2D eigenvalue weighted by molar-refractivity contribution is -0.115. The van der Waals surface area contributed by atoms with Crippen molar-refractivity contribution in [2.45, 2.75) is 13.3 Å².